The van der Waals surface area contributed by atoms with Crippen LogP contribution in [0.1, 0.15) is 12.1 Å². The Morgan fingerprint density at radius 2 is 2.28 bits per heavy atom. The van der Waals surface area contributed by atoms with E-state index in [-0.39, 0.29) is 6.42 Å². The molecule has 2 aromatic heterocycles. The van der Waals surface area contributed by atoms with E-state index in [2.05, 4.69) is 25.9 Å². The van der Waals surface area contributed by atoms with Gasteiger partial charge in [-0.25, -0.2) is 4.98 Å². The molecule has 0 saturated heterocycles. The Kier molecular flexibility index (Phi) is 3.76. The Labute approximate surface area is 113 Å². The zero-order valence-electron chi connectivity index (χ0n) is 9.80. The molecular weight excluding hydrogens is 298 g/mol. The first-order valence-electron chi connectivity index (χ1n) is 5.44. The van der Waals surface area contributed by atoms with E-state index in [9.17, 15) is 4.79 Å². The van der Waals surface area contributed by atoms with Crippen LogP contribution in [0.15, 0.2) is 29.0 Å². The van der Waals surface area contributed by atoms with Gasteiger partial charge in [-0.3, -0.25) is 9.78 Å². The van der Waals surface area contributed by atoms with Crippen molar-refractivity contribution in [2.75, 3.05) is 0 Å². The number of rotatable bonds is 4. The molecule has 0 unspecified atom stereocenters. The van der Waals surface area contributed by atoms with Gasteiger partial charge in [-0.2, -0.15) is 0 Å². The van der Waals surface area contributed by atoms with Gasteiger partial charge in [-0.05, 0) is 28.1 Å². The van der Waals surface area contributed by atoms with Crippen LogP contribution in [0.4, 0.5) is 0 Å². The average Bonchev–Trinajstić information content (AvgIpc) is 2.63. The molecule has 0 aliphatic carbocycles. The van der Waals surface area contributed by atoms with Crippen LogP contribution in [0.3, 0.4) is 0 Å². The van der Waals surface area contributed by atoms with Gasteiger partial charge in [0.2, 0.25) is 0 Å². The number of carboxylic acids is 1. The lowest BCUT2D eigenvalue weighted by Gasteiger charge is -2.04. The first-order valence-corrected chi connectivity index (χ1v) is 6.23. The first-order chi connectivity index (χ1) is 8.59. The van der Waals surface area contributed by atoms with Crippen LogP contribution < -0.4 is 0 Å². The molecule has 18 heavy (non-hydrogen) atoms. The van der Waals surface area contributed by atoms with E-state index in [1.807, 2.05) is 29.8 Å². The van der Waals surface area contributed by atoms with E-state index in [1.54, 1.807) is 6.20 Å². The lowest BCUT2D eigenvalue weighted by Crippen LogP contribution is -2.03. The predicted molar refractivity (Wildman–Crippen MR) is 70.1 cm³/mol. The molecular formula is C12H12BrN3O2. The van der Waals surface area contributed by atoms with Crippen molar-refractivity contribution >= 4 is 21.9 Å². The molecule has 1 N–H and O–H groups in total. The lowest BCUT2D eigenvalue weighted by molar-refractivity contribution is -0.136. The van der Waals surface area contributed by atoms with Gasteiger partial charge in [0.1, 0.15) is 10.3 Å². The minimum atomic E-state index is -0.817. The van der Waals surface area contributed by atoms with Crippen molar-refractivity contribution in [1.29, 1.82) is 0 Å². The van der Waals surface area contributed by atoms with Crippen molar-refractivity contribution in [2.24, 2.45) is 7.05 Å². The summed E-state index contributed by atoms with van der Waals surface area (Å²) in [7, 11) is 1.86. The molecule has 5 nitrogen and oxygen atoms in total. The van der Waals surface area contributed by atoms with E-state index in [4.69, 9.17) is 5.11 Å². The predicted octanol–water partition coefficient (Wildman–Crippen LogP) is 2.26. The van der Waals surface area contributed by atoms with Crippen molar-refractivity contribution < 1.29 is 9.90 Å². The van der Waals surface area contributed by atoms with Gasteiger partial charge < -0.3 is 9.67 Å². The Bertz CT molecular complexity index is 566. The van der Waals surface area contributed by atoms with E-state index in [1.165, 1.54) is 0 Å². The molecule has 2 heterocycles. The Hall–Kier alpha value is -1.69. The number of aliphatic carboxylic acids is 1. The highest BCUT2D eigenvalue weighted by molar-refractivity contribution is 9.10. The van der Waals surface area contributed by atoms with E-state index in [0.717, 1.165) is 17.2 Å². The highest BCUT2D eigenvalue weighted by Crippen LogP contribution is 2.24. The molecule has 0 bridgehead atoms. The minimum absolute atomic E-state index is 0.0831. The smallest absolute Gasteiger partial charge is 0.303 e. The van der Waals surface area contributed by atoms with E-state index >= 15 is 0 Å². The van der Waals surface area contributed by atoms with Crippen molar-refractivity contribution in [3.63, 3.8) is 0 Å². The van der Waals surface area contributed by atoms with Crippen LogP contribution in [0.2, 0.25) is 0 Å². The van der Waals surface area contributed by atoms with Crippen LogP contribution in [0.5, 0.6) is 0 Å². The summed E-state index contributed by atoms with van der Waals surface area (Å²) in [6, 6.07) is 5.60. The lowest BCUT2D eigenvalue weighted by atomic mass is 10.2. The number of aromatic nitrogens is 3. The zero-order valence-corrected chi connectivity index (χ0v) is 11.4. The van der Waals surface area contributed by atoms with Gasteiger partial charge in [0.15, 0.2) is 5.82 Å². The second kappa shape index (κ2) is 5.30. The number of nitrogens with zero attached hydrogens (tertiary/aromatic N) is 3. The van der Waals surface area contributed by atoms with Crippen molar-refractivity contribution in [3.8, 4) is 11.5 Å². The number of hydrogen-bond acceptors (Lipinski definition) is 3. The Morgan fingerprint density at radius 3 is 2.89 bits per heavy atom. The fourth-order valence-corrected chi connectivity index (χ4v) is 2.35. The molecule has 0 amide bonds. The number of hydrogen-bond donors (Lipinski definition) is 1. The Morgan fingerprint density at radius 1 is 1.50 bits per heavy atom. The van der Waals surface area contributed by atoms with Crippen LogP contribution in [-0.4, -0.2) is 25.6 Å². The molecule has 0 saturated carbocycles. The molecule has 0 spiro atoms. The maximum atomic E-state index is 10.6. The highest BCUT2D eigenvalue weighted by atomic mass is 79.9. The standard InChI is InChI=1S/C12H12BrN3O2/c1-16-9(5-6-10(17)18)11(13)15-12(16)8-4-2-3-7-14-8/h2-4,7H,5-6H2,1H3,(H,17,18). The summed E-state index contributed by atoms with van der Waals surface area (Å²) >= 11 is 3.36. The number of pyridine rings is 1. The van der Waals surface area contributed by atoms with Gasteiger partial charge in [0.05, 0.1) is 12.1 Å². The molecule has 2 rings (SSSR count). The molecule has 0 radical (unpaired) electrons. The van der Waals surface area contributed by atoms with Crippen LogP contribution >= 0.6 is 15.9 Å². The maximum absolute atomic E-state index is 10.6. The Balaban J connectivity index is 2.35. The van der Waals surface area contributed by atoms with Crippen LogP contribution in [-0.2, 0) is 18.3 Å². The third kappa shape index (κ3) is 2.59. The van der Waals surface area contributed by atoms with Gasteiger partial charge in [0.25, 0.3) is 0 Å². The molecule has 94 valence electrons. The maximum Gasteiger partial charge on any atom is 0.303 e. The summed E-state index contributed by atoms with van der Waals surface area (Å²) in [4.78, 5) is 19.2. The van der Waals surface area contributed by atoms with Crippen LogP contribution in [0.25, 0.3) is 11.5 Å². The molecule has 0 fully saturated rings. The summed E-state index contributed by atoms with van der Waals surface area (Å²) in [6.45, 7) is 0. The number of halogens is 1. The molecule has 0 aliphatic rings. The summed E-state index contributed by atoms with van der Waals surface area (Å²) < 4.78 is 2.54. The van der Waals surface area contributed by atoms with Crippen molar-refractivity contribution in [3.05, 3.63) is 34.7 Å². The number of carboxylic acid groups (broad SMARTS) is 1. The molecule has 0 aromatic carbocycles. The summed E-state index contributed by atoms with van der Waals surface area (Å²) in [5, 5.41) is 8.72. The second-order valence-corrected chi connectivity index (χ2v) is 4.59. The third-order valence-electron chi connectivity index (χ3n) is 2.63. The topological polar surface area (TPSA) is 68.0 Å². The third-order valence-corrected chi connectivity index (χ3v) is 3.27. The number of carbonyl (C=O) groups is 1. The summed E-state index contributed by atoms with van der Waals surface area (Å²) in [5.74, 6) is -0.0923. The van der Waals surface area contributed by atoms with Crippen molar-refractivity contribution in [2.45, 2.75) is 12.8 Å². The van der Waals surface area contributed by atoms with E-state index < -0.39 is 5.97 Å². The largest absolute Gasteiger partial charge is 0.481 e. The molecule has 0 aliphatic heterocycles. The molecule has 2 aromatic rings. The fourth-order valence-electron chi connectivity index (χ4n) is 1.72. The fraction of sp³-hybridized carbons (Fsp3) is 0.250. The van der Waals surface area contributed by atoms with Gasteiger partial charge in [-0.15, -0.1) is 0 Å². The number of imidazole rings is 1. The monoisotopic (exact) mass is 309 g/mol. The second-order valence-electron chi connectivity index (χ2n) is 3.84. The summed E-state index contributed by atoms with van der Waals surface area (Å²) in [6.07, 6.45) is 2.22. The zero-order chi connectivity index (χ0) is 13.1. The highest BCUT2D eigenvalue weighted by Gasteiger charge is 2.15. The SMILES string of the molecule is Cn1c(-c2ccccn2)nc(Br)c1CCC(=O)O. The molecule has 0 atom stereocenters. The van der Waals surface area contributed by atoms with Gasteiger partial charge in [0, 0.05) is 19.7 Å². The van der Waals surface area contributed by atoms with Gasteiger partial charge in [-0.1, -0.05) is 6.07 Å². The van der Waals surface area contributed by atoms with Gasteiger partial charge >= 0.3 is 5.97 Å². The van der Waals surface area contributed by atoms with Crippen molar-refractivity contribution in [1.82, 2.24) is 14.5 Å². The first kappa shape index (κ1) is 12.8. The normalized spacial score (nSPS) is 10.6. The average molecular weight is 310 g/mol. The van der Waals surface area contributed by atoms with E-state index in [0.29, 0.717) is 11.0 Å². The molecule has 6 heteroatoms. The minimum Gasteiger partial charge on any atom is -0.481 e. The summed E-state index contributed by atoms with van der Waals surface area (Å²) in [5.41, 5.74) is 1.63. The quantitative estimate of drug-likeness (QED) is 0.940. The van der Waals surface area contributed by atoms with Crippen LogP contribution in [0, 0.1) is 0 Å².